The molecule has 0 unspecified atom stereocenters. The highest BCUT2D eigenvalue weighted by Crippen LogP contribution is 2.28. The van der Waals surface area contributed by atoms with Crippen molar-refractivity contribution < 1.29 is 8.78 Å². The Bertz CT molecular complexity index is 880. The van der Waals surface area contributed by atoms with E-state index in [1.807, 2.05) is 37.3 Å². The van der Waals surface area contributed by atoms with Crippen LogP contribution in [-0.2, 0) is 12.3 Å². The highest BCUT2D eigenvalue weighted by Gasteiger charge is 2.23. The van der Waals surface area contributed by atoms with Crippen molar-refractivity contribution in [1.82, 2.24) is 0 Å². The van der Waals surface area contributed by atoms with Crippen LogP contribution in [0.25, 0.3) is 11.3 Å². The van der Waals surface area contributed by atoms with Gasteiger partial charge in [-0.05, 0) is 48.8 Å². The van der Waals surface area contributed by atoms with Gasteiger partial charge < -0.3 is 0 Å². The molecule has 0 aliphatic carbocycles. The van der Waals surface area contributed by atoms with Crippen LogP contribution >= 0.6 is 0 Å². The monoisotopic (exact) mass is 379 g/mol. The van der Waals surface area contributed by atoms with Crippen molar-refractivity contribution in [1.29, 1.82) is 0 Å². The summed E-state index contributed by atoms with van der Waals surface area (Å²) in [5, 5.41) is 0. The maximum Gasteiger partial charge on any atom is 0.270 e. The average molecular weight is 379 g/mol. The highest BCUT2D eigenvalue weighted by molar-refractivity contribution is 5.74. The summed E-state index contributed by atoms with van der Waals surface area (Å²) in [6.45, 7) is 12.9. The summed E-state index contributed by atoms with van der Waals surface area (Å²) in [5.74, 6) is -2.82. The maximum absolute atomic E-state index is 13.3. The molecule has 146 valence electrons. The molecule has 0 saturated heterocycles. The van der Waals surface area contributed by atoms with Crippen LogP contribution in [0.15, 0.2) is 77.8 Å². The Labute approximate surface area is 166 Å². The molecule has 0 heterocycles. The van der Waals surface area contributed by atoms with Gasteiger partial charge in [-0.1, -0.05) is 74.2 Å². The smallest absolute Gasteiger partial charge is 0.264 e. The van der Waals surface area contributed by atoms with Gasteiger partial charge in [-0.25, -0.2) is 8.78 Å². The third-order valence-corrected chi connectivity index (χ3v) is 4.66. The van der Waals surface area contributed by atoms with E-state index in [1.165, 1.54) is 12.1 Å². The summed E-state index contributed by atoms with van der Waals surface area (Å²) >= 11 is 0. The molecule has 0 spiro atoms. The molecular weight excluding hydrogens is 352 g/mol. The fourth-order valence-electron chi connectivity index (χ4n) is 3.07. The van der Waals surface area contributed by atoms with Gasteiger partial charge >= 0.3 is 0 Å². The maximum atomic E-state index is 13.3. The van der Waals surface area contributed by atoms with E-state index in [2.05, 4.69) is 31.3 Å². The molecule has 0 saturated carbocycles. The van der Waals surface area contributed by atoms with Crippen molar-refractivity contribution in [3.63, 3.8) is 0 Å². The predicted octanol–water partition coefficient (Wildman–Crippen LogP) is 7.45. The van der Waals surface area contributed by atoms with E-state index in [4.69, 9.17) is 0 Å². The van der Waals surface area contributed by atoms with E-state index >= 15 is 0 Å². The van der Waals surface area contributed by atoms with E-state index in [1.54, 1.807) is 12.1 Å². The molecule has 3 heteroatoms. The summed E-state index contributed by atoms with van der Waals surface area (Å²) in [6.07, 6.45) is 5.54. The molecule has 0 N–H and O–H groups in total. The zero-order valence-corrected chi connectivity index (χ0v) is 16.8. The normalized spacial score (nSPS) is 12.8. The van der Waals surface area contributed by atoms with Crippen LogP contribution in [-0.4, -0.2) is 6.72 Å². The molecule has 0 bridgehead atoms. The lowest BCUT2D eigenvalue weighted by molar-refractivity contribution is 0.0174. The Morgan fingerprint density at radius 2 is 1.61 bits per heavy atom. The molecule has 0 fully saturated rings. The number of halogens is 2. The van der Waals surface area contributed by atoms with Gasteiger partial charge in [0.05, 0.1) is 5.70 Å². The molecule has 1 nitrogen and oxygen atoms in total. The topological polar surface area (TPSA) is 12.4 Å². The van der Waals surface area contributed by atoms with E-state index in [9.17, 15) is 8.78 Å². The van der Waals surface area contributed by atoms with Crippen LogP contribution in [0, 0.1) is 0 Å². The van der Waals surface area contributed by atoms with Crippen LogP contribution in [0.5, 0.6) is 0 Å². The summed E-state index contributed by atoms with van der Waals surface area (Å²) in [4.78, 5) is 4.21. The van der Waals surface area contributed by atoms with Crippen molar-refractivity contribution in [2.24, 2.45) is 4.99 Å². The van der Waals surface area contributed by atoms with E-state index < -0.39 is 5.92 Å². The van der Waals surface area contributed by atoms with Gasteiger partial charge in [0, 0.05) is 18.1 Å². The Hall–Kier alpha value is -2.81. The molecule has 0 atom stereocenters. The van der Waals surface area contributed by atoms with Gasteiger partial charge in [0.1, 0.15) is 0 Å². The first-order valence-electron chi connectivity index (χ1n) is 9.38. The van der Waals surface area contributed by atoms with Gasteiger partial charge in [-0.3, -0.25) is 4.99 Å². The number of hydrogen-bond acceptors (Lipinski definition) is 1. The number of nitrogens with zero attached hydrogens (tertiary/aromatic N) is 1. The number of alkyl halides is 2. The fourth-order valence-corrected chi connectivity index (χ4v) is 3.07. The second-order valence-electron chi connectivity index (χ2n) is 6.83. The van der Waals surface area contributed by atoms with Crippen LogP contribution in [0.1, 0.15) is 49.4 Å². The van der Waals surface area contributed by atoms with Crippen molar-refractivity contribution >= 4 is 18.0 Å². The van der Waals surface area contributed by atoms with Crippen molar-refractivity contribution in [3.8, 4) is 0 Å². The lowest BCUT2D eigenvalue weighted by Gasteiger charge is -2.12. The first-order chi connectivity index (χ1) is 13.3. The van der Waals surface area contributed by atoms with Gasteiger partial charge in [-0.2, -0.15) is 0 Å². The molecule has 2 aromatic rings. The Balaban J connectivity index is 2.19. The third kappa shape index (κ3) is 5.35. The molecule has 2 rings (SSSR count). The largest absolute Gasteiger partial charge is 0.270 e. The fraction of sp³-hybridized carbons (Fsp3) is 0.240. The Kier molecular flexibility index (Phi) is 7.22. The van der Waals surface area contributed by atoms with Crippen LogP contribution in [0.2, 0.25) is 0 Å². The van der Waals surface area contributed by atoms with E-state index in [0.717, 1.165) is 46.9 Å². The zero-order chi connectivity index (χ0) is 20.7. The minimum absolute atomic E-state index is 0.0234. The van der Waals surface area contributed by atoms with Gasteiger partial charge in [0.25, 0.3) is 5.92 Å². The Morgan fingerprint density at radius 3 is 2.07 bits per heavy atom. The third-order valence-electron chi connectivity index (χ3n) is 4.66. The summed E-state index contributed by atoms with van der Waals surface area (Å²) in [7, 11) is 0. The lowest BCUT2D eigenvalue weighted by atomic mass is 9.96. The molecule has 0 amide bonds. The first-order valence-corrected chi connectivity index (χ1v) is 9.38. The molecule has 2 aromatic carbocycles. The SMILES string of the molecule is C=N/C(=C(\C=C/C)CC)c1ccc(C(=C)Cc2ccc(C(C)(F)F)cc2)cc1. The van der Waals surface area contributed by atoms with E-state index in [-0.39, 0.29) is 5.56 Å². The van der Waals surface area contributed by atoms with Gasteiger partial charge in [0.2, 0.25) is 0 Å². The molecule has 28 heavy (non-hydrogen) atoms. The van der Waals surface area contributed by atoms with E-state index in [0.29, 0.717) is 6.42 Å². The number of hydrogen-bond donors (Lipinski definition) is 0. The van der Waals surface area contributed by atoms with Crippen molar-refractivity contribution in [3.05, 3.63) is 95.1 Å². The number of allylic oxidation sites excluding steroid dienone is 4. The second kappa shape index (κ2) is 9.41. The average Bonchev–Trinajstić information content (AvgIpc) is 2.68. The number of rotatable bonds is 8. The number of benzene rings is 2. The minimum atomic E-state index is -2.82. The zero-order valence-electron chi connectivity index (χ0n) is 16.8. The summed E-state index contributed by atoms with van der Waals surface area (Å²) in [6, 6.07) is 14.5. The first kappa shape index (κ1) is 21.5. The quantitative estimate of drug-likeness (QED) is 0.333. The Morgan fingerprint density at radius 1 is 1.04 bits per heavy atom. The predicted molar refractivity (Wildman–Crippen MR) is 117 cm³/mol. The van der Waals surface area contributed by atoms with Gasteiger partial charge in [0.15, 0.2) is 0 Å². The van der Waals surface area contributed by atoms with Crippen molar-refractivity contribution in [2.75, 3.05) is 0 Å². The van der Waals surface area contributed by atoms with Gasteiger partial charge in [-0.15, -0.1) is 0 Å². The standard InChI is InChI=1S/C25H27F2N/c1-6-8-20(7-2)24(28-5)22-13-11-21(12-14-22)18(3)17-19-9-15-23(16-10-19)25(4,26)27/h6,8-16H,3,5,7,17H2,1-2,4H3/b8-6-,24-20-. The van der Waals surface area contributed by atoms with Crippen LogP contribution < -0.4 is 0 Å². The molecule has 0 aliphatic rings. The minimum Gasteiger partial charge on any atom is -0.264 e. The van der Waals surface area contributed by atoms with Crippen molar-refractivity contribution in [2.45, 2.75) is 39.5 Å². The summed E-state index contributed by atoms with van der Waals surface area (Å²) in [5.41, 5.74) is 5.96. The second-order valence-corrected chi connectivity index (χ2v) is 6.83. The van der Waals surface area contributed by atoms with Crippen LogP contribution in [0.3, 0.4) is 0 Å². The molecule has 0 radical (unpaired) electrons. The molecular formula is C25H27F2N. The highest BCUT2D eigenvalue weighted by atomic mass is 19.3. The molecule has 0 aliphatic heterocycles. The number of aliphatic imine (C=N–C) groups is 1. The summed E-state index contributed by atoms with van der Waals surface area (Å²) < 4.78 is 26.7. The lowest BCUT2D eigenvalue weighted by Crippen LogP contribution is -2.06. The molecule has 0 aromatic heterocycles. The van der Waals surface area contributed by atoms with Crippen LogP contribution in [0.4, 0.5) is 8.78 Å².